The third kappa shape index (κ3) is 2.00. The van der Waals surface area contributed by atoms with Crippen molar-refractivity contribution < 1.29 is 0 Å². The molecule has 0 unspecified atom stereocenters. The maximum atomic E-state index is 2.35. The highest BCUT2D eigenvalue weighted by Gasteiger charge is 2.19. The molecule has 0 radical (unpaired) electrons. The molecular weight excluding hydrogens is 240 g/mol. The summed E-state index contributed by atoms with van der Waals surface area (Å²) >= 11 is 0. The summed E-state index contributed by atoms with van der Waals surface area (Å²) in [4.78, 5) is 0. The van der Waals surface area contributed by atoms with Crippen molar-refractivity contribution in [2.24, 2.45) is 0 Å². The lowest BCUT2D eigenvalue weighted by molar-refractivity contribution is 1.34. The second-order valence-electron chi connectivity index (χ2n) is 5.94. The third-order valence-electron chi connectivity index (χ3n) is 4.89. The number of benzene rings is 1. The fourth-order valence-corrected chi connectivity index (χ4v) is 3.23. The predicted octanol–water partition coefficient (Wildman–Crippen LogP) is 5.93. The molecule has 0 N–H and O–H groups in total. The highest BCUT2D eigenvalue weighted by atomic mass is 14.2. The highest BCUT2D eigenvalue weighted by Crippen LogP contribution is 2.40. The average Bonchev–Trinajstić information content (AvgIpc) is 2.95. The molecule has 1 aromatic rings. The molecule has 0 heterocycles. The van der Waals surface area contributed by atoms with Crippen LogP contribution in [0.1, 0.15) is 51.7 Å². The molecule has 102 valence electrons. The molecule has 0 aliphatic heterocycles. The van der Waals surface area contributed by atoms with Gasteiger partial charge in [0.15, 0.2) is 0 Å². The van der Waals surface area contributed by atoms with Crippen LogP contribution in [0.25, 0.3) is 11.1 Å². The van der Waals surface area contributed by atoms with Gasteiger partial charge in [0.25, 0.3) is 0 Å². The summed E-state index contributed by atoms with van der Waals surface area (Å²) < 4.78 is 0. The SMILES string of the molecule is CC1=CCC(c2ccccc2C2=C(C)C(C)=CC2)=C1C. The van der Waals surface area contributed by atoms with E-state index in [1.807, 2.05) is 0 Å². The van der Waals surface area contributed by atoms with Gasteiger partial charge in [-0.15, -0.1) is 0 Å². The summed E-state index contributed by atoms with van der Waals surface area (Å²) in [5, 5.41) is 0. The largest absolute Gasteiger partial charge is 0.0769 e. The summed E-state index contributed by atoms with van der Waals surface area (Å²) in [7, 11) is 0. The molecule has 2 aliphatic rings. The first-order valence-corrected chi connectivity index (χ1v) is 7.43. The standard InChI is InChI=1S/C20H22/c1-13-9-11-17(15(13)3)19-7-5-6-8-20(19)18-12-10-14(2)16(18)4/h5-10H,11-12H2,1-4H3. The quantitative estimate of drug-likeness (QED) is 0.619. The maximum Gasteiger partial charge on any atom is -0.00827 e. The molecule has 0 heteroatoms. The third-order valence-corrected chi connectivity index (χ3v) is 4.89. The molecule has 0 aromatic heterocycles. The molecule has 0 fully saturated rings. The van der Waals surface area contributed by atoms with Gasteiger partial charge < -0.3 is 0 Å². The molecule has 0 spiro atoms. The minimum atomic E-state index is 1.08. The van der Waals surface area contributed by atoms with Crippen molar-refractivity contribution in [1.82, 2.24) is 0 Å². The summed E-state index contributed by atoms with van der Waals surface area (Å²) in [6.07, 6.45) is 6.85. The van der Waals surface area contributed by atoms with Crippen LogP contribution in [0.4, 0.5) is 0 Å². The van der Waals surface area contributed by atoms with Crippen molar-refractivity contribution in [3.8, 4) is 0 Å². The molecule has 0 saturated heterocycles. The van der Waals surface area contributed by atoms with E-state index in [0.717, 1.165) is 12.8 Å². The molecule has 2 aliphatic carbocycles. The fourth-order valence-electron chi connectivity index (χ4n) is 3.23. The molecular formula is C20H22. The van der Waals surface area contributed by atoms with Crippen molar-refractivity contribution in [2.45, 2.75) is 40.5 Å². The Morgan fingerprint density at radius 1 is 0.650 bits per heavy atom. The van der Waals surface area contributed by atoms with Crippen LogP contribution < -0.4 is 0 Å². The van der Waals surface area contributed by atoms with Crippen LogP contribution in [0.5, 0.6) is 0 Å². The summed E-state index contributed by atoms with van der Waals surface area (Å²) in [6, 6.07) is 8.90. The topological polar surface area (TPSA) is 0 Å². The average molecular weight is 262 g/mol. The van der Waals surface area contributed by atoms with Crippen molar-refractivity contribution in [2.75, 3.05) is 0 Å². The van der Waals surface area contributed by atoms with Gasteiger partial charge in [-0.2, -0.15) is 0 Å². The van der Waals surface area contributed by atoms with Gasteiger partial charge in [0, 0.05) is 0 Å². The van der Waals surface area contributed by atoms with E-state index in [1.54, 1.807) is 0 Å². The van der Waals surface area contributed by atoms with Crippen LogP contribution in [0.2, 0.25) is 0 Å². The van der Waals surface area contributed by atoms with E-state index in [2.05, 4.69) is 64.1 Å². The summed E-state index contributed by atoms with van der Waals surface area (Å²) in [5.74, 6) is 0. The van der Waals surface area contributed by atoms with E-state index < -0.39 is 0 Å². The Morgan fingerprint density at radius 3 is 1.35 bits per heavy atom. The summed E-state index contributed by atoms with van der Waals surface area (Å²) in [6.45, 7) is 8.95. The molecule has 0 saturated carbocycles. The van der Waals surface area contributed by atoms with Gasteiger partial charge >= 0.3 is 0 Å². The number of rotatable bonds is 2. The van der Waals surface area contributed by atoms with E-state index in [4.69, 9.17) is 0 Å². The first-order valence-electron chi connectivity index (χ1n) is 7.43. The fraction of sp³-hybridized carbons (Fsp3) is 0.300. The number of hydrogen-bond acceptors (Lipinski definition) is 0. The van der Waals surface area contributed by atoms with Gasteiger partial charge in [-0.3, -0.25) is 0 Å². The molecule has 1 aromatic carbocycles. The van der Waals surface area contributed by atoms with E-state index in [9.17, 15) is 0 Å². The minimum absolute atomic E-state index is 1.08. The number of allylic oxidation sites excluding steroid dienone is 8. The smallest absolute Gasteiger partial charge is 0.00827 e. The maximum absolute atomic E-state index is 2.35. The van der Waals surface area contributed by atoms with Crippen molar-refractivity contribution in [3.63, 3.8) is 0 Å². The van der Waals surface area contributed by atoms with Crippen LogP contribution in [-0.4, -0.2) is 0 Å². The normalized spacial score (nSPS) is 18.8. The van der Waals surface area contributed by atoms with Gasteiger partial charge in [-0.1, -0.05) is 47.6 Å². The van der Waals surface area contributed by atoms with Crippen molar-refractivity contribution >= 4 is 11.1 Å². The first kappa shape index (κ1) is 13.2. The van der Waals surface area contributed by atoms with Gasteiger partial charge in [0.1, 0.15) is 0 Å². The minimum Gasteiger partial charge on any atom is -0.0769 e. The van der Waals surface area contributed by atoms with Crippen LogP contribution in [0.15, 0.2) is 58.7 Å². The van der Waals surface area contributed by atoms with Crippen molar-refractivity contribution in [1.29, 1.82) is 0 Å². The molecule has 0 nitrogen and oxygen atoms in total. The molecule has 0 bridgehead atoms. The van der Waals surface area contributed by atoms with E-state index >= 15 is 0 Å². The van der Waals surface area contributed by atoms with Crippen LogP contribution in [-0.2, 0) is 0 Å². The van der Waals surface area contributed by atoms with Crippen molar-refractivity contribution in [3.05, 3.63) is 69.8 Å². The van der Waals surface area contributed by atoms with E-state index in [1.165, 1.54) is 44.6 Å². The molecule has 20 heavy (non-hydrogen) atoms. The Labute approximate surface area is 122 Å². The van der Waals surface area contributed by atoms with Gasteiger partial charge in [0.05, 0.1) is 0 Å². The zero-order valence-electron chi connectivity index (χ0n) is 12.9. The molecule has 3 rings (SSSR count). The lowest BCUT2D eigenvalue weighted by Crippen LogP contribution is -1.94. The zero-order valence-corrected chi connectivity index (χ0v) is 12.9. The number of hydrogen-bond donors (Lipinski definition) is 0. The lowest BCUT2D eigenvalue weighted by atomic mass is 9.90. The van der Waals surface area contributed by atoms with E-state index in [0.29, 0.717) is 0 Å². The predicted molar refractivity (Wildman–Crippen MR) is 88.4 cm³/mol. The molecule has 0 atom stereocenters. The lowest BCUT2D eigenvalue weighted by Gasteiger charge is -2.14. The molecule has 0 amide bonds. The Kier molecular flexibility index (Phi) is 3.25. The van der Waals surface area contributed by atoms with Crippen LogP contribution in [0.3, 0.4) is 0 Å². The first-order chi connectivity index (χ1) is 9.59. The highest BCUT2D eigenvalue weighted by molar-refractivity contribution is 5.87. The van der Waals surface area contributed by atoms with E-state index in [-0.39, 0.29) is 0 Å². The van der Waals surface area contributed by atoms with Crippen LogP contribution >= 0.6 is 0 Å². The monoisotopic (exact) mass is 262 g/mol. The Morgan fingerprint density at radius 2 is 1.05 bits per heavy atom. The zero-order chi connectivity index (χ0) is 14.3. The Balaban J connectivity index is 2.13. The van der Waals surface area contributed by atoms with Gasteiger partial charge in [-0.05, 0) is 74.0 Å². The Bertz CT molecular complexity index is 630. The van der Waals surface area contributed by atoms with Gasteiger partial charge in [-0.25, -0.2) is 0 Å². The van der Waals surface area contributed by atoms with Crippen LogP contribution in [0, 0.1) is 0 Å². The second kappa shape index (κ2) is 4.94. The van der Waals surface area contributed by atoms with Gasteiger partial charge in [0.2, 0.25) is 0 Å². The second-order valence-corrected chi connectivity index (χ2v) is 5.94. The summed E-state index contributed by atoms with van der Waals surface area (Å²) in [5.41, 5.74) is 11.6. The Hall–Kier alpha value is -1.82.